The van der Waals surface area contributed by atoms with Crippen molar-refractivity contribution in [3.63, 3.8) is 0 Å². The molecule has 1 aromatic rings. The average molecular weight is 235 g/mol. The minimum absolute atomic E-state index is 0.337. The standard InChI is InChI=1S/C14H21NO2/c1-11(2)5-4-10-15(3)13-8-6-12(7-9-13)14(16)17/h6-9,11H,4-5,10H2,1-3H3,(H,16,17). The van der Waals surface area contributed by atoms with E-state index in [0.717, 1.165) is 24.6 Å². The maximum Gasteiger partial charge on any atom is 0.335 e. The van der Waals surface area contributed by atoms with Crippen LogP contribution in [0.15, 0.2) is 24.3 Å². The Kier molecular flexibility index (Phi) is 5.01. The van der Waals surface area contributed by atoms with Crippen LogP contribution in [0.1, 0.15) is 37.0 Å². The summed E-state index contributed by atoms with van der Waals surface area (Å²) in [6.07, 6.45) is 2.38. The molecule has 3 nitrogen and oxygen atoms in total. The molecular formula is C14H21NO2. The number of benzene rings is 1. The van der Waals surface area contributed by atoms with Gasteiger partial charge in [-0.3, -0.25) is 0 Å². The molecule has 0 amide bonds. The second kappa shape index (κ2) is 6.28. The first-order valence-electron chi connectivity index (χ1n) is 6.05. The Morgan fingerprint density at radius 2 is 1.88 bits per heavy atom. The average Bonchev–Trinajstić information content (AvgIpc) is 2.28. The van der Waals surface area contributed by atoms with E-state index in [4.69, 9.17) is 5.11 Å². The van der Waals surface area contributed by atoms with Crippen LogP contribution in [-0.2, 0) is 0 Å². The van der Waals surface area contributed by atoms with Crippen LogP contribution in [0.2, 0.25) is 0 Å². The van der Waals surface area contributed by atoms with Crippen molar-refractivity contribution >= 4 is 11.7 Å². The predicted molar refractivity (Wildman–Crippen MR) is 70.7 cm³/mol. The van der Waals surface area contributed by atoms with Crippen LogP contribution in [0.25, 0.3) is 0 Å². The summed E-state index contributed by atoms with van der Waals surface area (Å²) in [6, 6.07) is 7.02. The number of hydrogen-bond acceptors (Lipinski definition) is 2. The number of aromatic carboxylic acids is 1. The van der Waals surface area contributed by atoms with Crippen molar-refractivity contribution in [3.05, 3.63) is 29.8 Å². The second-order valence-electron chi connectivity index (χ2n) is 4.81. The summed E-state index contributed by atoms with van der Waals surface area (Å²) < 4.78 is 0. The van der Waals surface area contributed by atoms with Gasteiger partial charge in [0.2, 0.25) is 0 Å². The van der Waals surface area contributed by atoms with E-state index in [2.05, 4.69) is 18.7 Å². The monoisotopic (exact) mass is 235 g/mol. The Balaban J connectivity index is 2.51. The SMILES string of the molecule is CC(C)CCCN(C)c1ccc(C(=O)O)cc1. The lowest BCUT2D eigenvalue weighted by atomic mass is 10.1. The largest absolute Gasteiger partial charge is 0.478 e. The summed E-state index contributed by atoms with van der Waals surface area (Å²) in [6.45, 7) is 5.45. The highest BCUT2D eigenvalue weighted by molar-refractivity contribution is 5.88. The van der Waals surface area contributed by atoms with Gasteiger partial charge in [-0.05, 0) is 43.0 Å². The van der Waals surface area contributed by atoms with Gasteiger partial charge >= 0.3 is 5.97 Å². The fourth-order valence-corrected chi connectivity index (χ4v) is 1.72. The van der Waals surface area contributed by atoms with Crippen molar-refractivity contribution in [1.82, 2.24) is 0 Å². The van der Waals surface area contributed by atoms with Crippen LogP contribution < -0.4 is 4.90 Å². The van der Waals surface area contributed by atoms with E-state index >= 15 is 0 Å². The molecular weight excluding hydrogens is 214 g/mol. The fourth-order valence-electron chi connectivity index (χ4n) is 1.72. The van der Waals surface area contributed by atoms with Crippen molar-refractivity contribution in [2.45, 2.75) is 26.7 Å². The zero-order chi connectivity index (χ0) is 12.8. The third-order valence-corrected chi connectivity index (χ3v) is 2.83. The molecule has 17 heavy (non-hydrogen) atoms. The first kappa shape index (κ1) is 13.6. The Morgan fingerprint density at radius 3 is 2.35 bits per heavy atom. The molecule has 0 saturated carbocycles. The van der Waals surface area contributed by atoms with E-state index in [0.29, 0.717) is 5.56 Å². The molecule has 0 aliphatic rings. The summed E-state index contributed by atoms with van der Waals surface area (Å²) in [5.74, 6) is -0.142. The maximum absolute atomic E-state index is 10.7. The topological polar surface area (TPSA) is 40.5 Å². The number of carbonyl (C=O) groups is 1. The van der Waals surface area contributed by atoms with Gasteiger partial charge in [-0.25, -0.2) is 4.79 Å². The Bertz CT molecular complexity index is 357. The van der Waals surface area contributed by atoms with Crippen molar-refractivity contribution in [1.29, 1.82) is 0 Å². The van der Waals surface area contributed by atoms with Gasteiger partial charge in [0, 0.05) is 19.3 Å². The molecule has 0 radical (unpaired) electrons. The highest BCUT2D eigenvalue weighted by Crippen LogP contribution is 2.15. The summed E-state index contributed by atoms with van der Waals surface area (Å²) in [5.41, 5.74) is 1.41. The zero-order valence-corrected chi connectivity index (χ0v) is 10.8. The molecule has 0 fully saturated rings. The molecule has 1 aromatic carbocycles. The molecule has 1 rings (SSSR count). The molecule has 0 spiro atoms. The van der Waals surface area contributed by atoms with Gasteiger partial charge < -0.3 is 10.0 Å². The highest BCUT2D eigenvalue weighted by Gasteiger charge is 2.04. The summed E-state index contributed by atoms with van der Waals surface area (Å²) in [7, 11) is 2.04. The highest BCUT2D eigenvalue weighted by atomic mass is 16.4. The molecule has 0 bridgehead atoms. The minimum atomic E-state index is -0.876. The summed E-state index contributed by atoms with van der Waals surface area (Å²) >= 11 is 0. The van der Waals surface area contributed by atoms with E-state index in [1.165, 1.54) is 6.42 Å². The first-order valence-corrected chi connectivity index (χ1v) is 6.05. The van der Waals surface area contributed by atoms with Crippen LogP contribution >= 0.6 is 0 Å². The van der Waals surface area contributed by atoms with Gasteiger partial charge in [0.15, 0.2) is 0 Å². The third-order valence-electron chi connectivity index (χ3n) is 2.83. The Morgan fingerprint density at radius 1 is 1.29 bits per heavy atom. The smallest absolute Gasteiger partial charge is 0.335 e. The van der Waals surface area contributed by atoms with Crippen LogP contribution in [0.3, 0.4) is 0 Å². The Labute approximate surface area is 103 Å². The fraction of sp³-hybridized carbons (Fsp3) is 0.500. The molecule has 1 N–H and O–H groups in total. The molecule has 0 heterocycles. The number of rotatable bonds is 6. The lowest BCUT2D eigenvalue weighted by Crippen LogP contribution is -2.18. The van der Waals surface area contributed by atoms with Crippen molar-refractivity contribution < 1.29 is 9.90 Å². The van der Waals surface area contributed by atoms with E-state index in [1.54, 1.807) is 12.1 Å². The van der Waals surface area contributed by atoms with Crippen LogP contribution in [0, 0.1) is 5.92 Å². The van der Waals surface area contributed by atoms with Gasteiger partial charge in [-0.2, -0.15) is 0 Å². The lowest BCUT2D eigenvalue weighted by molar-refractivity contribution is 0.0697. The first-order chi connectivity index (χ1) is 8.00. The molecule has 0 atom stereocenters. The molecule has 0 unspecified atom stereocenters. The van der Waals surface area contributed by atoms with E-state index in [1.807, 2.05) is 19.2 Å². The number of nitrogens with zero attached hydrogens (tertiary/aromatic N) is 1. The zero-order valence-electron chi connectivity index (χ0n) is 10.8. The molecule has 0 aromatic heterocycles. The number of carboxylic acids is 1. The van der Waals surface area contributed by atoms with Gasteiger partial charge in [-0.1, -0.05) is 13.8 Å². The predicted octanol–water partition coefficient (Wildman–Crippen LogP) is 3.26. The number of hydrogen-bond donors (Lipinski definition) is 1. The van der Waals surface area contributed by atoms with Crippen LogP contribution in [-0.4, -0.2) is 24.7 Å². The molecule has 0 saturated heterocycles. The molecule has 94 valence electrons. The van der Waals surface area contributed by atoms with Gasteiger partial charge in [0.05, 0.1) is 5.56 Å². The lowest BCUT2D eigenvalue weighted by Gasteiger charge is -2.19. The molecule has 0 aliphatic carbocycles. The second-order valence-corrected chi connectivity index (χ2v) is 4.81. The van der Waals surface area contributed by atoms with Crippen molar-refractivity contribution in [2.75, 3.05) is 18.5 Å². The Hall–Kier alpha value is -1.51. The maximum atomic E-state index is 10.7. The van der Waals surface area contributed by atoms with Gasteiger partial charge in [-0.15, -0.1) is 0 Å². The number of anilines is 1. The van der Waals surface area contributed by atoms with Crippen molar-refractivity contribution in [2.24, 2.45) is 5.92 Å². The van der Waals surface area contributed by atoms with E-state index in [-0.39, 0.29) is 0 Å². The quantitative estimate of drug-likeness (QED) is 0.822. The normalized spacial score (nSPS) is 10.6. The van der Waals surface area contributed by atoms with Crippen molar-refractivity contribution in [3.8, 4) is 0 Å². The molecule has 0 aliphatic heterocycles. The third kappa shape index (κ3) is 4.47. The summed E-state index contributed by atoms with van der Waals surface area (Å²) in [5, 5.41) is 8.80. The van der Waals surface area contributed by atoms with E-state index < -0.39 is 5.97 Å². The minimum Gasteiger partial charge on any atom is -0.478 e. The molecule has 3 heteroatoms. The van der Waals surface area contributed by atoms with Gasteiger partial charge in [0.1, 0.15) is 0 Å². The van der Waals surface area contributed by atoms with Crippen LogP contribution in [0.4, 0.5) is 5.69 Å². The summed E-state index contributed by atoms with van der Waals surface area (Å²) in [4.78, 5) is 12.9. The number of carboxylic acid groups (broad SMARTS) is 1. The van der Waals surface area contributed by atoms with Gasteiger partial charge in [0.25, 0.3) is 0 Å². The van der Waals surface area contributed by atoms with E-state index in [9.17, 15) is 4.79 Å². The van der Waals surface area contributed by atoms with Crippen LogP contribution in [0.5, 0.6) is 0 Å².